The molecule has 0 unspecified atom stereocenters. The molecule has 0 radical (unpaired) electrons. The van der Waals surface area contributed by atoms with Gasteiger partial charge in [-0.1, -0.05) is 35.3 Å². The predicted octanol–water partition coefficient (Wildman–Crippen LogP) is 4.04. The summed E-state index contributed by atoms with van der Waals surface area (Å²) < 4.78 is 1.59. The zero-order chi connectivity index (χ0) is 19.7. The first kappa shape index (κ1) is 18.5. The normalized spacial score (nSPS) is 10.8. The van der Waals surface area contributed by atoms with Gasteiger partial charge in [0.1, 0.15) is 5.03 Å². The molecule has 2 aromatic heterocycles. The number of rotatable bonds is 4. The summed E-state index contributed by atoms with van der Waals surface area (Å²) in [4.78, 5) is 1.47. The molecule has 0 aliphatic heterocycles. The average molecular weight is 428 g/mol. The Hall–Kier alpha value is -2.86. The van der Waals surface area contributed by atoms with Crippen LogP contribution in [0, 0.1) is 11.3 Å². The van der Waals surface area contributed by atoms with Crippen molar-refractivity contribution in [2.24, 2.45) is 0 Å². The van der Waals surface area contributed by atoms with Crippen LogP contribution in [0.15, 0.2) is 53.7 Å². The molecular weight excluding hydrogens is 417 g/mol. The summed E-state index contributed by atoms with van der Waals surface area (Å²) in [6.07, 6.45) is 1.61. The van der Waals surface area contributed by atoms with E-state index in [1.807, 2.05) is 12.1 Å². The fourth-order valence-electron chi connectivity index (χ4n) is 2.62. The standard InChI is InChI=1S/C18H11Cl2N7S/c19-13-5-14(20)7-15(6-13)27-18(28)16(9-22-27)17-23-25-26(24-17)10-12-3-1-11(8-21)2-4-12/h1-7,9,28H,10H2. The lowest BCUT2D eigenvalue weighted by atomic mass is 10.1. The summed E-state index contributed by atoms with van der Waals surface area (Å²) in [6, 6.07) is 14.4. The smallest absolute Gasteiger partial charge is 0.209 e. The maximum atomic E-state index is 8.87. The van der Waals surface area contributed by atoms with Gasteiger partial charge in [-0.25, -0.2) is 4.68 Å². The van der Waals surface area contributed by atoms with Gasteiger partial charge in [0.25, 0.3) is 0 Å². The van der Waals surface area contributed by atoms with Crippen molar-refractivity contribution in [3.8, 4) is 23.1 Å². The Bertz CT molecular complexity index is 1170. The van der Waals surface area contributed by atoms with Crippen molar-refractivity contribution in [1.29, 1.82) is 5.26 Å². The average Bonchev–Trinajstić information content (AvgIpc) is 3.28. The van der Waals surface area contributed by atoms with Gasteiger partial charge in [-0.15, -0.1) is 22.8 Å². The lowest BCUT2D eigenvalue weighted by Crippen LogP contribution is -2.04. The van der Waals surface area contributed by atoms with Crippen LogP contribution in [0.2, 0.25) is 10.0 Å². The third-order valence-corrected chi connectivity index (χ3v) is 4.80. The van der Waals surface area contributed by atoms with E-state index in [4.69, 9.17) is 28.5 Å². The van der Waals surface area contributed by atoms with E-state index in [1.165, 1.54) is 4.80 Å². The molecule has 0 atom stereocenters. The summed E-state index contributed by atoms with van der Waals surface area (Å²) in [5.41, 5.74) is 2.87. The highest BCUT2D eigenvalue weighted by molar-refractivity contribution is 7.80. The number of nitriles is 1. The summed E-state index contributed by atoms with van der Waals surface area (Å²) in [5.74, 6) is 0.401. The van der Waals surface area contributed by atoms with Gasteiger partial charge >= 0.3 is 0 Å². The van der Waals surface area contributed by atoms with Crippen LogP contribution >= 0.6 is 35.8 Å². The molecule has 4 rings (SSSR count). The fraction of sp³-hybridized carbons (Fsp3) is 0.0556. The largest absolute Gasteiger partial charge is 0.227 e. The Morgan fingerprint density at radius 3 is 2.46 bits per heavy atom. The molecule has 28 heavy (non-hydrogen) atoms. The van der Waals surface area contributed by atoms with E-state index < -0.39 is 0 Å². The van der Waals surface area contributed by atoms with Gasteiger partial charge in [-0.2, -0.15) is 15.2 Å². The number of halogens is 2. The summed E-state index contributed by atoms with van der Waals surface area (Å²) in [7, 11) is 0. The van der Waals surface area contributed by atoms with Crippen LogP contribution in [0.5, 0.6) is 0 Å². The van der Waals surface area contributed by atoms with Crippen molar-refractivity contribution in [1.82, 2.24) is 30.0 Å². The van der Waals surface area contributed by atoms with Crippen molar-refractivity contribution in [3.63, 3.8) is 0 Å². The van der Waals surface area contributed by atoms with Gasteiger partial charge in [0.2, 0.25) is 5.82 Å². The van der Waals surface area contributed by atoms with E-state index >= 15 is 0 Å². The predicted molar refractivity (Wildman–Crippen MR) is 108 cm³/mol. The fourth-order valence-corrected chi connectivity index (χ4v) is 3.46. The summed E-state index contributed by atoms with van der Waals surface area (Å²) >= 11 is 16.7. The number of aromatic nitrogens is 6. The molecule has 0 aliphatic carbocycles. The van der Waals surface area contributed by atoms with Gasteiger partial charge in [-0.3, -0.25) is 0 Å². The molecule has 0 fully saturated rings. The van der Waals surface area contributed by atoms with Crippen molar-refractivity contribution < 1.29 is 0 Å². The van der Waals surface area contributed by atoms with Crippen LogP contribution in [-0.4, -0.2) is 30.0 Å². The van der Waals surface area contributed by atoms with E-state index in [1.54, 1.807) is 41.2 Å². The number of thiol groups is 1. The third kappa shape index (κ3) is 3.73. The Morgan fingerprint density at radius 2 is 1.79 bits per heavy atom. The first-order valence-electron chi connectivity index (χ1n) is 8.04. The van der Waals surface area contributed by atoms with Crippen LogP contribution in [0.1, 0.15) is 11.1 Å². The number of hydrogen-bond donors (Lipinski definition) is 1. The van der Waals surface area contributed by atoms with Gasteiger partial charge in [0, 0.05) is 10.0 Å². The molecule has 0 saturated carbocycles. The first-order valence-corrected chi connectivity index (χ1v) is 9.24. The number of nitrogens with zero attached hydrogens (tertiary/aromatic N) is 7. The second-order valence-electron chi connectivity index (χ2n) is 5.87. The number of tetrazole rings is 1. The van der Waals surface area contributed by atoms with Gasteiger partial charge in [0.15, 0.2) is 0 Å². The second kappa shape index (κ2) is 7.64. The Balaban J connectivity index is 1.60. The minimum Gasteiger partial charge on any atom is -0.227 e. The van der Waals surface area contributed by atoms with Crippen LogP contribution < -0.4 is 0 Å². The minimum absolute atomic E-state index is 0.401. The van der Waals surface area contributed by atoms with E-state index in [0.717, 1.165) is 5.56 Å². The van der Waals surface area contributed by atoms with Gasteiger partial charge in [-0.05, 0) is 41.1 Å². The van der Waals surface area contributed by atoms with E-state index in [0.29, 0.717) is 44.3 Å². The van der Waals surface area contributed by atoms with E-state index in [9.17, 15) is 0 Å². The van der Waals surface area contributed by atoms with Crippen LogP contribution in [0.4, 0.5) is 0 Å². The van der Waals surface area contributed by atoms with Gasteiger partial charge < -0.3 is 0 Å². The molecule has 0 bridgehead atoms. The quantitative estimate of drug-likeness (QED) is 0.496. The molecule has 0 spiro atoms. The minimum atomic E-state index is 0.401. The van der Waals surface area contributed by atoms with Crippen LogP contribution in [0.3, 0.4) is 0 Å². The highest BCUT2D eigenvalue weighted by Crippen LogP contribution is 2.28. The molecule has 7 nitrogen and oxygen atoms in total. The number of hydrogen-bond acceptors (Lipinski definition) is 6. The summed E-state index contributed by atoms with van der Waals surface area (Å²) in [5, 5.41) is 27.3. The molecule has 4 aromatic rings. The Labute approximate surface area is 175 Å². The molecule has 0 aliphatic rings. The second-order valence-corrected chi connectivity index (χ2v) is 7.17. The molecule has 0 amide bonds. The lowest BCUT2D eigenvalue weighted by molar-refractivity contribution is 0.573. The van der Waals surface area contributed by atoms with Crippen molar-refractivity contribution >= 4 is 35.8 Å². The molecule has 2 heterocycles. The monoisotopic (exact) mass is 427 g/mol. The molecule has 0 N–H and O–H groups in total. The van der Waals surface area contributed by atoms with Crippen molar-refractivity contribution in [2.75, 3.05) is 0 Å². The lowest BCUT2D eigenvalue weighted by Gasteiger charge is -2.05. The molecule has 0 saturated heterocycles. The molecule has 138 valence electrons. The van der Waals surface area contributed by atoms with Crippen LogP contribution in [0.25, 0.3) is 17.1 Å². The molecule has 10 heteroatoms. The van der Waals surface area contributed by atoms with Crippen molar-refractivity contribution in [3.05, 3.63) is 69.8 Å². The molecular formula is C18H11Cl2N7S. The molecule has 2 aromatic carbocycles. The van der Waals surface area contributed by atoms with E-state index in [-0.39, 0.29) is 0 Å². The highest BCUT2D eigenvalue weighted by atomic mass is 35.5. The van der Waals surface area contributed by atoms with Gasteiger partial charge in [0.05, 0.1) is 35.6 Å². The summed E-state index contributed by atoms with van der Waals surface area (Å²) in [6.45, 7) is 0.429. The Morgan fingerprint density at radius 1 is 1.07 bits per heavy atom. The highest BCUT2D eigenvalue weighted by Gasteiger charge is 2.16. The third-order valence-electron chi connectivity index (χ3n) is 3.94. The SMILES string of the molecule is N#Cc1ccc(Cn2nnc(-c3cnn(-c4cc(Cl)cc(Cl)c4)c3S)n2)cc1. The number of benzene rings is 2. The van der Waals surface area contributed by atoms with Crippen molar-refractivity contribution in [2.45, 2.75) is 11.6 Å². The zero-order valence-corrected chi connectivity index (χ0v) is 16.6. The maximum Gasteiger partial charge on any atom is 0.209 e. The van der Waals surface area contributed by atoms with E-state index in [2.05, 4.69) is 39.2 Å². The first-order chi connectivity index (χ1) is 13.5. The Kier molecular flexibility index (Phi) is 5.05. The topological polar surface area (TPSA) is 85.2 Å². The maximum absolute atomic E-state index is 8.87. The van der Waals surface area contributed by atoms with Crippen LogP contribution in [-0.2, 0) is 6.54 Å². The zero-order valence-electron chi connectivity index (χ0n) is 14.2.